The highest BCUT2D eigenvalue weighted by Gasteiger charge is 2.50. The van der Waals surface area contributed by atoms with Crippen molar-refractivity contribution in [3.05, 3.63) is 77.2 Å². The Morgan fingerprint density at radius 2 is 2.00 bits per heavy atom. The van der Waals surface area contributed by atoms with Crippen molar-refractivity contribution in [2.24, 2.45) is 16.9 Å². The molecule has 3 heterocycles. The van der Waals surface area contributed by atoms with Crippen LogP contribution in [0.25, 0.3) is 5.57 Å². The number of likely N-dealkylation sites (tertiary alicyclic amines) is 1. The van der Waals surface area contributed by atoms with Crippen LogP contribution in [0.4, 0.5) is 13.2 Å². The van der Waals surface area contributed by atoms with Crippen LogP contribution in [0.3, 0.4) is 0 Å². The maximum absolute atomic E-state index is 14.3. The SMILES string of the molecule is C=C(C(=O)N1C=C(CN2CCC[C@H](C)C2)C=C(C(F)(F)F)/C1=C/C)c1cccc(C2(C3=NNCN3C)CC(C)C2)c1. The highest BCUT2D eigenvalue weighted by Crippen LogP contribution is 2.50. The molecule has 2 fully saturated rings. The minimum atomic E-state index is -4.61. The molecular formula is C32H40F3N5O. The van der Waals surface area contributed by atoms with Crippen molar-refractivity contribution in [3.8, 4) is 0 Å². The van der Waals surface area contributed by atoms with Gasteiger partial charge >= 0.3 is 6.18 Å². The maximum Gasteiger partial charge on any atom is 0.418 e. The number of piperidine rings is 1. The molecule has 41 heavy (non-hydrogen) atoms. The molecule has 4 aliphatic rings. The molecule has 6 nitrogen and oxygen atoms in total. The summed E-state index contributed by atoms with van der Waals surface area (Å²) in [6, 6.07) is 7.70. The van der Waals surface area contributed by atoms with Crippen LogP contribution in [0, 0.1) is 11.8 Å². The molecule has 1 amide bonds. The predicted molar refractivity (Wildman–Crippen MR) is 156 cm³/mol. The summed E-state index contributed by atoms with van der Waals surface area (Å²) in [5, 5.41) is 4.58. The molecule has 1 aromatic rings. The minimum Gasteiger partial charge on any atom is -0.342 e. The second-order valence-electron chi connectivity index (χ2n) is 12.2. The first-order valence-electron chi connectivity index (χ1n) is 14.5. The van der Waals surface area contributed by atoms with E-state index in [-0.39, 0.29) is 16.7 Å². The van der Waals surface area contributed by atoms with E-state index in [4.69, 9.17) is 0 Å². The number of amidine groups is 1. The number of nitrogens with zero attached hydrogens (tertiary/aromatic N) is 4. The average molecular weight is 568 g/mol. The quantitative estimate of drug-likeness (QED) is 0.427. The van der Waals surface area contributed by atoms with Crippen molar-refractivity contribution in [3.63, 3.8) is 0 Å². The van der Waals surface area contributed by atoms with E-state index in [0.717, 1.165) is 55.1 Å². The van der Waals surface area contributed by atoms with Gasteiger partial charge in [-0.2, -0.15) is 18.3 Å². The standard InChI is InChI=1S/C32H40F3N5O/c1-6-28-27(32(33,34)35)13-24(18-39-12-8-9-21(2)17-39)19-40(28)29(41)23(4)25-10-7-11-26(14-25)31(15-22(3)16-31)30-37-36-20-38(30)5/h6-7,10-11,13-14,19,21-22,36H,4,8-9,12,15-18,20H2,1-3,5H3/b28-6-/t21-,22?,31?/m0/s1. The second-order valence-corrected chi connectivity index (χ2v) is 12.2. The smallest absolute Gasteiger partial charge is 0.342 e. The number of allylic oxidation sites excluding steroid dienone is 2. The average Bonchev–Trinajstić information content (AvgIpc) is 3.35. The van der Waals surface area contributed by atoms with Gasteiger partial charge in [0, 0.05) is 31.9 Å². The number of hydrogen-bond acceptors (Lipinski definition) is 5. The molecule has 0 aromatic heterocycles. The van der Waals surface area contributed by atoms with Gasteiger partial charge in [-0.05, 0) is 79.8 Å². The number of amides is 1. The summed E-state index contributed by atoms with van der Waals surface area (Å²) in [4.78, 5) is 19.3. The Hall–Kier alpha value is -3.33. The summed E-state index contributed by atoms with van der Waals surface area (Å²) in [5.41, 5.74) is 4.05. The summed E-state index contributed by atoms with van der Waals surface area (Å²) in [7, 11) is 2.01. The molecule has 5 rings (SSSR count). The highest BCUT2D eigenvalue weighted by atomic mass is 19.4. The van der Waals surface area contributed by atoms with E-state index in [9.17, 15) is 18.0 Å². The Morgan fingerprint density at radius 1 is 1.24 bits per heavy atom. The first kappa shape index (κ1) is 29.2. The monoisotopic (exact) mass is 567 g/mol. The summed E-state index contributed by atoms with van der Waals surface area (Å²) in [5.74, 6) is 1.42. The topological polar surface area (TPSA) is 51.2 Å². The van der Waals surface area contributed by atoms with E-state index < -0.39 is 17.7 Å². The number of carbonyl (C=O) groups excluding carboxylic acids is 1. The number of halogens is 3. The van der Waals surface area contributed by atoms with Gasteiger partial charge in [0.1, 0.15) is 12.5 Å². The molecule has 0 bridgehead atoms. The van der Waals surface area contributed by atoms with Gasteiger partial charge in [-0.15, -0.1) is 0 Å². The number of alkyl halides is 3. The number of carbonyl (C=O) groups is 1. The molecule has 0 spiro atoms. The van der Waals surface area contributed by atoms with E-state index in [1.165, 1.54) is 19.1 Å². The van der Waals surface area contributed by atoms with Crippen LogP contribution < -0.4 is 5.43 Å². The molecule has 1 saturated carbocycles. The molecule has 0 unspecified atom stereocenters. The third kappa shape index (κ3) is 5.61. The summed E-state index contributed by atoms with van der Waals surface area (Å²) in [6.45, 7) is 12.6. The second kappa shape index (κ2) is 11.2. The van der Waals surface area contributed by atoms with Crippen LogP contribution in [-0.2, 0) is 10.2 Å². The van der Waals surface area contributed by atoms with Crippen LogP contribution in [0.5, 0.6) is 0 Å². The fourth-order valence-electron chi connectivity index (χ4n) is 6.93. The Balaban J connectivity index is 1.45. The maximum atomic E-state index is 14.3. The number of hydrazone groups is 1. The highest BCUT2D eigenvalue weighted by molar-refractivity contribution is 6.20. The molecule has 1 saturated heterocycles. The Labute approximate surface area is 240 Å². The third-order valence-electron chi connectivity index (χ3n) is 8.80. The van der Waals surface area contributed by atoms with Crippen molar-refractivity contribution in [2.75, 3.05) is 33.4 Å². The van der Waals surface area contributed by atoms with Crippen molar-refractivity contribution in [2.45, 2.75) is 58.0 Å². The lowest BCUT2D eigenvalue weighted by Gasteiger charge is -2.48. The lowest BCUT2D eigenvalue weighted by molar-refractivity contribution is -0.122. The molecular weight excluding hydrogens is 527 g/mol. The van der Waals surface area contributed by atoms with Gasteiger partial charge in [-0.3, -0.25) is 20.0 Å². The number of likely N-dealkylation sites (N-methyl/N-ethyl adjacent to an activating group) is 1. The fraction of sp³-hybridized carbons (Fsp3) is 0.500. The van der Waals surface area contributed by atoms with E-state index in [1.807, 2.05) is 25.2 Å². The zero-order valence-electron chi connectivity index (χ0n) is 24.4. The molecule has 3 aliphatic heterocycles. The van der Waals surface area contributed by atoms with E-state index in [0.29, 0.717) is 36.2 Å². The molecule has 9 heteroatoms. The summed E-state index contributed by atoms with van der Waals surface area (Å²) < 4.78 is 42.8. The Kier molecular flexibility index (Phi) is 7.94. The van der Waals surface area contributed by atoms with Crippen molar-refractivity contribution in [1.29, 1.82) is 0 Å². The Morgan fingerprint density at radius 3 is 2.61 bits per heavy atom. The lowest BCUT2D eigenvalue weighted by Crippen LogP contribution is -2.51. The molecule has 220 valence electrons. The summed E-state index contributed by atoms with van der Waals surface area (Å²) in [6.07, 6.45) is 3.48. The molecule has 0 radical (unpaired) electrons. The fourth-order valence-corrected chi connectivity index (χ4v) is 6.93. The van der Waals surface area contributed by atoms with Gasteiger partial charge in [0.2, 0.25) is 0 Å². The van der Waals surface area contributed by atoms with Gasteiger partial charge in [0.25, 0.3) is 5.91 Å². The minimum absolute atomic E-state index is 0.152. The normalized spacial score (nSPS) is 28.1. The van der Waals surface area contributed by atoms with E-state index >= 15 is 0 Å². The van der Waals surface area contributed by atoms with Crippen LogP contribution in [0.15, 0.2) is 71.1 Å². The molecule has 1 atom stereocenters. The lowest BCUT2D eigenvalue weighted by atomic mass is 9.58. The first-order valence-corrected chi connectivity index (χ1v) is 14.5. The van der Waals surface area contributed by atoms with Gasteiger partial charge < -0.3 is 4.90 Å². The third-order valence-corrected chi connectivity index (χ3v) is 8.80. The Bertz CT molecular complexity index is 1330. The molecule has 1 aromatic carbocycles. The number of benzene rings is 1. The zero-order valence-corrected chi connectivity index (χ0v) is 24.4. The van der Waals surface area contributed by atoms with Crippen LogP contribution in [0.2, 0.25) is 0 Å². The summed E-state index contributed by atoms with van der Waals surface area (Å²) >= 11 is 0. The number of rotatable bonds is 6. The van der Waals surface area contributed by atoms with Crippen LogP contribution in [0.1, 0.15) is 57.6 Å². The predicted octanol–water partition coefficient (Wildman–Crippen LogP) is 6.02. The van der Waals surface area contributed by atoms with Gasteiger partial charge in [0.15, 0.2) is 0 Å². The van der Waals surface area contributed by atoms with Crippen LogP contribution >= 0.6 is 0 Å². The van der Waals surface area contributed by atoms with Crippen molar-refractivity contribution < 1.29 is 18.0 Å². The first-order chi connectivity index (χ1) is 19.4. The van der Waals surface area contributed by atoms with E-state index in [2.05, 4.69) is 40.8 Å². The molecule has 1 aliphatic carbocycles. The largest absolute Gasteiger partial charge is 0.418 e. The number of nitrogens with one attached hydrogen (secondary N) is 1. The van der Waals surface area contributed by atoms with Gasteiger partial charge in [-0.1, -0.05) is 44.7 Å². The molecule has 1 N–H and O–H groups in total. The van der Waals surface area contributed by atoms with Gasteiger partial charge in [-0.25, -0.2) is 0 Å². The van der Waals surface area contributed by atoms with Crippen molar-refractivity contribution in [1.82, 2.24) is 20.1 Å². The van der Waals surface area contributed by atoms with E-state index in [1.54, 1.807) is 12.3 Å². The van der Waals surface area contributed by atoms with Gasteiger partial charge in [0.05, 0.1) is 16.7 Å². The van der Waals surface area contributed by atoms with Crippen LogP contribution in [-0.4, -0.2) is 66.0 Å². The number of hydrogen-bond donors (Lipinski definition) is 1. The van der Waals surface area contributed by atoms with Crippen molar-refractivity contribution >= 4 is 17.3 Å². The zero-order chi connectivity index (χ0) is 29.5.